The van der Waals surface area contributed by atoms with Gasteiger partial charge in [-0.3, -0.25) is 0 Å². The van der Waals surface area contributed by atoms with E-state index in [0.29, 0.717) is 0 Å². The van der Waals surface area contributed by atoms with Crippen molar-refractivity contribution in [1.29, 1.82) is 0 Å². The van der Waals surface area contributed by atoms with Crippen LogP contribution in [0.15, 0.2) is 0 Å². The van der Waals surface area contributed by atoms with Crippen molar-refractivity contribution in [1.82, 2.24) is 0 Å². The molecule has 0 aliphatic carbocycles. The number of rotatable bonds is 1. The van der Waals surface area contributed by atoms with Gasteiger partial charge in [-0.2, -0.15) is 0 Å². The molecule has 0 saturated heterocycles. The zero-order valence-electron chi connectivity index (χ0n) is 7.82. The van der Waals surface area contributed by atoms with Gasteiger partial charge in [0, 0.05) is 0 Å². The Hall–Kier alpha value is 1.92. The fourth-order valence-electron chi connectivity index (χ4n) is 0. The van der Waals surface area contributed by atoms with E-state index >= 15 is 0 Å². The fraction of sp³-hybridized carbons (Fsp3) is 1.00. The third kappa shape index (κ3) is 6.62. The Morgan fingerprint density at radius 2 is 0.800 bits per heavy atom. The molecule has 0 radical (unpaired) electrons. The summed E-state index contributed by atoms with van der Waals surface area (Å²) in [5.74, 6) is 0. The van der Waals surface area contributed by atoms with Crippen LogP contribution in [0.2, 0.25) is 0 Å². The molecule has 10 heavy (non-hydrogen) atoms. The summed E-state index contributed by atoms with van der Waals surface area (Å²) < 4.78 is 0. The van der Waals surface area contributed by atoms with Crippen molar-refractivity contribution in [3.05, 3.63) is 0 Å². The molecular weight excluding hydrogens is 150 g/mol. The van der Waals surface area contributed by atoms with E-state index in [4.69, 9.17) is 0 Å². The van der Waals surface area contributed by atoms with Gasteiger partial charge in [0.15, 0.2) is 0 Å². The van der Waals surface area contributed by atoms with E-state index in [0.717, 1.165) is 0 Å². The minimum atomic E-state index is -1.37. The predicted molar refractivity (Wildman–Crippen MR) is 28.2 cm³/mol. The molecule has 4 heteroatoms. The summed E-state index contributed by atoms with van der Waals surface area (Å²) in [7, 11) is 0. The van der Waals surface area contributed by atoms with E-state index in [9.17, 15) is 10.2 Å². The molecule has 0 fully saturated rings. The maximum Gasteiger partial charge on any atom is 1.00 e. The molecule has 0 N–H and O–H groups in total. The van der Waals surface area contributed by atoms with Crippen molar-refractivity contribution in [2.45, 2.75) is 38.9 Å². The van der Waals surface area contributed by atoms with Crippen molar-refractivity contribution < 1.29 is 69.3 Å². The van der Waals surface area contributed by atoms with Crippen LogP contribution < -0.4 is 69.3 Å². The van der Waals surface area contributed by atoms with Crippen LogP contribution in [0.3, 0.4) is 0 Å². The Morgan fingerprint density at radius 3 is 0.800 bits per heavy atom. The van der Waals surface area contributed by atoms with Crippen LogP contribution in [0.5, 0.6) is 0 Å². The van der Waals surface area contributed by atoms with Gasteiger partial charge in [-0.1, -0.05) is 27.7 Å². The van der Waals surface area contributed by atoms with Crippen LogP contribution in [0.25, 0.3) is 0 Å². The average molecular weight is 162 g/mol. The molecule has 2 nitrogen and oxygen atoms in total. The molecule has 0 amide bonds. The van der Waals surface area contributed by atoms with Crippen molar-refractivity contribution in [2.75, 3.05) is 0 Å². The molecule has 0 aliphatic rings. The van der Waals surface area contributed by atoms with Crippen LogP contribution in [0.4, 0.5) is 0 Å². The van der Waals surface area contributed by atoms with Gasteiger partial charge in [0.25, 0.3) is 0 Å². The summed E-state index contributed by atoms with van der Waals surface area (Å²) in [6.45, 7) is 5.61. The Labute approximate surface area is 107 Å². The van der Waals surface area contributed by atoms with Crippen molar-refractivity contribution in [2.24, 2.45) is 0 Å². The Bertz CT molecular complexity index is 68.7. The van der Waals surface area contributed by atoms with Crippen LogP contribution in [-0.2, 0) is 0 Å². The quantitative estimate of drug-likeness (QED) is 0.360. The van der Waals surface area contributed by atoms with Gasteiger partial charge in [-0.25, -0.2) is 0 Å². The van der Waals surface area contributed by atoms with E-state index < -0.39 is 11.2 Å². The summed E-state index contributed by atoms with van der Waals surface area (Å²) in [5.41, 5.74) is -2.74. The fourth-order valence-corrected chi connectivity index (χ4v) is 0. The van der Waals surface area contributed by atoms with Crippen LogP contribution in [0.1, 0.15) is 27.7 Å². The molecule has 0 heterocycles. The largest absolute Gasteiger partial charge is 1.00 e. The summed E-state index contributed by atoms with van der Waals surface area (Å²) in [6, 6.07) is 0. The van der Waals surface area contributed by atoms with Gasteiger partial charge in [0.1, 0.15) is 0 Å². The molecule has 0 rings (SSSR count). The Balaban J connectivity index is -0.000000245. The standard InChI is InChI=1S/C6H12O2.2Na/c1-5(2,7)6(3,4)8;;/h1-4H3;;/q-2;2*+1. The third-order valence-corrected chi connectivity index (χ3v) is 1.45. The van der Waals surface area contributed by atoms with Crippen LogP contribution >= 0.6 is 0 Å². The topological polar surface area (TPSA) is 46.1 Å². The van der Waals surface area contributed by atoms with E-state index in [1.165, 1.54) is 27.7 Å². The summed E-state index contributed by atoms with van der Waals surface area (Å²) in [5, 5.41) is 21.6. The molecule has 0 aromatic rings. The molecule has 0 aromatic carbocycles. The zero-order valence-corrected chi connectivity index (χ0v) is 11.8. The van der Waals surface area contributed by atoms with Gasteiger partial charge in [-0.05, 0) is 0 Å². The smallest absolute Gasteiger partial charge is 0.850 e. The molecule has 0 spiro atoms. The van der Waals surface area contributed by atoms with Crippen molar-refractivity contribution >= 4 is 0 Å². The zero-order chi connectivity index (χ0) is 7.00. The SMILES string of the molecule is CC(C)([O-])C(C)(C)[O-].[Na+].[Na+]. The first-order valence-corrected chi connectivity index (χ1v) is 2.66. The maximum atomic E-state index is 10.8. The molecule has 50 valence electrons. The molecule has 0 aliphatic heterocycles. The molecule has 0 unspecified atom stereocenters. The van der Waals surface area contributed by atoms with Crippen LogP contribution in [0, 0.1) is 0 Å². The molecular formula is C6H12Na2O2. The van der Waals surface area contributed by atoms with E-state index in [1.54, 1.807) is 0 Å². The second-order valence-corrected chi connectivity index (χ2v) is 3.02. The first-order valence-electron chi connectivity index (χ1n) is 2.66. The minimum Gasteiger partial charge on any atom is -0.850 e. The average Bonchev–Trinajstić information content (AvgIpc) is 1.25. The first kappa shape index (κ1) is 17.9. The van der Waals surface area contributed by atoms with Crippen molar-refractivity contribution in [3.63, 3.8) is 0 Å². The summed E-state index contributed by atoms with van der Waals surface area (Å²) in [6.07, 6.45) is 0. The second kappa shape index (κ2) is 5.55. The van der Waals surface area contributed by atoms with Crippen molar-refractivity contribution in [3.8, 4) is 0 Å². The monoisotopic (exact) mass is 162 g/mol. The van der Waals surface area contributed by atoms with E-state index in [-0.39, 0.29) is 59.1 Å². The molecule has 0 saturated carbocycles. The maximum absolute atomic E-state index is 10.8. The van der Waals surface area contributed by atoms with Crippen LogP contribution in [-0.4, -0.2) is 11.2 Å². The Morgan fingerprint density at radius 1 is 0.700 bits per heavy atom. The summed E-state index contributed by atoms with van der Waals surface area (Å²) >= 11 is 0. The van der Waals surface area contributed by atoms with Gasteiger partial charge in [0.2, 0.25) is 0 Å². The molecule has 0 bridgehead atoms. The second-order valence-electron chi connectivity index (χ2n) is 3.02. The number of hydrogen-bond donors (Lipinski definition) is 0. The molecule has 0 aromatic heterocycles. The van der Waals surface area contributed by atoms with Gasteiger partial charge in [-0.15, -0.1) is 11.2 Å². The Kier molecular flexibility index (Phi) is 9.91. The van der Waals surface area contributed by atoms with E-state index in [1.807, 2.05) is 0 Å². The predicted octanol–water partition coefficient (Wildman–Crippen LogP) is -6.73. The third-order valence-electron chi connectivity index (χ3n) is 1.45. The minimum absolute atomic E-state index is 0. The molecule has 0 atom stereocenters. The first-order chi connectivity index (χ1) is 3.25. The summed E-state index contributed by atoms with van der Waals surface area (Å²) in [4.78, 5) is 0. The number of hydrogen-bond acceptors (Lipinski definition) is 2. The normalized spacial score (nSPS) is 11.4. The van der Waals surface area contributed by atoms with Gasteiger partial charge < -0.3 is 10.2 Å². The van der Waals surface area contributed by atoms with Gasteiger partial charge in [0.05, 0.1) is 0 Å². The van der Waals surface area contributed by atoms with E-state index in [2.05, 4.69) is 0 Å². The van der Waals surface area contributed by atoms with Gasteiger partial charge >= 0.3 is 59.1 Å².